The minimum Gasteiger partial charge on any atom is -0.423 e. The summed E-state index contributed by atoms with van der Waals surface area (Å²) in [5, 5.41) is 6.16. The van der Waals surface area contributed by atoms with Gasteiger partial charge in [0.2, 0.25) is 5.71 Å². The summed E-state index contributed by atoms with van der Waals surface area (Å²) in [6.45, 7) is 7.20. The minimum atomic E-state index is -0.340. The zero-order chi connectivity index (χ0) is 21.3. The van der Waals surface area contributed by atoms with Gasteiger partial charge in [0, 0.05) is 57.6 Å². The predicted octanol–water partition coefficient (Wildman–Crippen LogP) is 2.13. The standard InChI is InChI=1S/C21H25N7O2/c1-12-10-17(27-21-19(12)25-13(2)30-21)26-20(29)14-4-5-16(15(11-23-3)18(14)22)28-8-6-24-7-9-28/h4-5,10-11,24H,6-9,22H2,1-3H3,(H,26,27,29). The largest absolute Gasteiger partial charge is 0.423 e. The van der Waals surface area contributed by atoms with Crippen LogP contribution >= 0.6 is 0 Å². The van der Waals surface area contributed by atoms with Crippen LogP contribution in [0, 0.1) is 13.8 Å². The monoisotopic (exact) mass is 407 g/mol. The number of nitrogens with zero attached hydrogens (tertiary/aromatic N) is 4. The molecule has 9 nitrogen and oxygen atoms in total. The first-order valence-corrected chi connectivity index (χ1v) is 9.84. The Morgan fingerprint density at radius 1 is 1.30 bits per heavy atom. The van der Waals surface area contributed by atoms with E-state index in [4.69, 9.17) is 10.2 Å². The van der Waals surface area contributed by atoms with E-state index in [1.54, 1.807) is 32.3 Å². The molecule has 0 aliphatic carbocycles. The second-order valence-corrected chi connectivity index (χ2v) is 7.25. The highest BCUT2D eigenvalue weighted by atomic mass is 16.4. The Morgan fingerprint density at radius 2 is 2.07 bits per heavy atom. The van der Waals surface area contributed by atoms with Crippen LogP contribution in [0.1, 0.15) is 27.4 Å². The van der Waals surface area contributed by atoms with Gasteiger partial charge in [0.05, 0.1) is 11.3 Å². The lowest BCUT2D eigenvalue weighted by Crippen LogP contribution is -2.44. The Kier molecular flexibility index (Phi) is 5.37. The van der Waals surface area contributed by atoms with Gasteiger partial charge in [-0.3, -0.25) is 9.79 Å². The van der Waals surface area contributed by atoms with E-state index >= 15 is 0 Å². The second kappa shape index (κ2) is 8.11. The van der Waals surface area contributed by atoms with Crippen molar-refractivity contribution in [1.82, 2.24) is 15.3 Å². The zero-order valence-electron chi connectivity index (χ0n) is 17.3. The number of hydrogen-bond donors (Lipinski definition) is 3. The number of anilines is 3. The fourth-order valence-electron chi connectivity index (χ4n) is 3.68. The van der Waals surface area contributed by atoms with E-state index in [0.717, 1.165) is 43.0 Å². The van der Waals surface area contributed by atoms with Gasteiger partial charge in [-0.2, -0.15) is 4.98 Å². The molecule has 0 unspecified atom stereocenters. The second-order valence-electron chi connectivity index (χ2n) is 7.25. The maximum absolute atomic E-state index is 13.0. The number of aliphatic imine (C=N–C) groups is 1. The Morgan fingerprint density at radius 3 is 2.80 bits per heavy atom. The summed E-state index contributed by atoms with van der Waals surface area (Å²) in [4.78, 5) is 28.0. The number of benzene rings is 1. The van der Waals surface area contributed by atoms with E-state index in [9.17, 15) is 4.79 Å². The van der Waals surface area contributed by atoms with E-state index in [1.807, 2.05) is 13.0 Å². The van der Waals surface area contributed by atoms with Crippen LogP contribution in [0.4, 0.5) is 17.2 Å². The van der Waals surface area contributed by atoms with Crippen molar-refractivity contribution in [3.63, 3.8) is 0 Å². The molecule has 4 rings (SSSR count). The summed E-state index contributed by atoms with van der Waals surface area (Å²) < 4.78 is 5.51. The Hall–Kier alpha value is -3.46. The van der Waals surface area contributed by atoms with Crippen molar-refractivity contribution in [2.24, 2.45) is 4.99 Å². The quantitative estimate of drug-likeness (QED) is 0.447. The molecule has 1 saturated heterocycles. The maximum atomic E-state index is 13.0. The molecular weight excluding hydrogens is 382 g/mol. The van der Waals surface area contributed by atoms with Gasteiger partial charge >= 0.3 is 0 Å². The summed E-state index contributed by atoms with van der Waals surface area (Å²) in [6.07, 6.45) is 1.70. The van der Waals surface area contributed by atoms with Gasteiger partial charge in [-0.15, -0.1) is 0 Å². The number of carbonyl (C=O) groups is 1. The van der Waals surface area contributed by atoms with Gasteiger partial charge in [-0.25, -0.2) is 4.98 Å². The summed E-state index contributed by atoms with van der Waals surface area (Å²) in [6, 6.07) is 5.44. The number of pyridine rings is 1. The van der Waals surface area contributed by atoms with E-state index in [-0.39, 0.29) is 5.91 Å². The van der Waals surface area contributed by atoms with Crippen molar-refractivity contribution in [2.75, 3.05) is 49.2 Å². The lowest BCUT2D eigenvalue weighted by Gasteiger charge is -2.31. The number of nitrogens with one attached hydrogen (secondary N) is 2. The number of fused-ring (bicyclic) bond motifs is 1. The lowest BCUT2D eigenvalue weighted by molar-refractivity contribution is 0.102. The van der Waals surface area contributed by atoms with E-state index < -0.39 is 0 Å². The van der Waals surface area contributed by atoms with E-state index in [2.05, 4.69) is 30.5 Å². The highest BCUT2D eigenvalue weighted by molar-refractivity contribution is 6.11. The summed E-state index contributed by atoms with van der Waals surface area (Å²) >= 11 is 0. The molecule has 156 valence electrons. The van der Waals surface area contributed by atoms with Crippen molar-refractivity contribution < 1.29 is 9.21 Å². The Bertz CT molecular complexity index is 1130. The highest BCUT2D eigenvalue weighted by Crippen LogP contribution is 2.29. The molecule has 4 N–H and O–H groups in total. The van der Waals surface area contributed by atoms with Gasteiger partial charge < -0.3 is 25.7 Å². The Labute approximate surface area is 174 Å². The molecule has 1 aliphatic rings. The number of rotatable bonds is 4. The number of aryl methyl sites for hydroxylation is 2. The molecule has 0 radical (unpaired) electrons. The van der Waals surface area contributed by atoms with Gasteiger partial charge in [-0.05, 0) is 30.7 Å². The SMILES string of the molecule is CN=Cc1c(N2CCNCC2)ccc(C(=O)Nc2cc(C)c3nc(C)oc3n2)c1N. The number of aromatic nitrogens is 2. The molecule has 1 aliphatic heterocycles. The molecule has 9 heteroatoms. The smallest absolute Gasteiger partial charge is 0.258 e. The number of amides is 1. The fraction of sp³-hybridized carbons (Fsp3) is 0.333. The first kappa shape index (κ1) is 19.8. The van der Waals surface area contributed by atoms with Crippen molar-refractivity contribution >= 4 is 40.5 Å². The van der Waals surface area contributed by atoms with E-state index in [1.165, 1.54) is 0 Å². The molecule has 0 bridgehead atoms. The molecule has 3 heterocycles. The van der Waals surface area contributed by atoms with Crippen LogP contribution in [0.5, 0.6) is 0 Å². The van der Waals surface area contributed by atoms with Gasteiger partial charge in [0.15, 0.2) is 5.89 Å². The number of carbonyl (C=O) groups excluding carboxylic acids is 1. The molecule has 1 amide bonds. The number of nitrogens with two attached hydrogens (primary N) is 1. The van der Waals surface area contributed by atoms with Crippen LogP contribution in [0.15, 0.2) is 27.6 Å². The summed E-state index contributed by atoms with van der Waals surface area (Å²) in [7, 11) is 1.69. The lowest BCUT2D eigenvalue weighted by atomic mass is 10.0. The molecule has 0 spiro atoms. The number of hydrogen-bond acceptors (Lipinski definition) is 8. The van der Waals surface area contributed by atoms with Gasteiger partial charge in [-0.1, -0.05) is 0 Å². The van der Waals surface area contributed by atoms with Crippen LogP contribution in [-0.2, 0) is 0 Å². The fourth-order valence-corrected chi connectivity index (χ4v) is 3.68. The number of oxazole rings is 1. The van der Waals surface area contributed by atoms with Crippen LogP contribution in [0.2, 0.25) is 0 Å². The third-order valence-corrected chi connectivity index (χ3v) is 5.13. The molecule has 1 fully saturated rings. The molecule has 3 aromatic rings. The molecule has 30 heavy (non-hydrogen) atoms. The van der Waals surface area contributed by atoms with Crippen molar-refractivity contribution in [2.45, 2.75) is 13.8 Å². The first-order valence-electron chi connectivity index (χ1n) is 9.84. The normalized spacial score (nSPS) is 14.6. The van der Waals surface area contributed by atoms with E-state index in [0.29, 0.717) is 34.2 Å². The van der Waals surface area contributed by atoms with Crippen molar-refractivity contribution in [1.29, 1.82) is 0 Å². The highest BCUT2D eigenvalue weighted by Gasteiger charge is 2.20. The average Bonchev–Trinajstić information content (AvgIpc) is 3.11. The van der Waals surface area contributed by atoms with Crippen LogP contribution < -0.4 is 21.3 Å². The average molecular weight is 407 g/mol. The number of nitrogen functional groups attached to an aromatic ring is 1. The molecule has 0 saturated carbocycles. The van der Waals surface area contributed by atoms with Crippen LogP contribution in [-0.4, -0.2) is 55.3 Å². The van der Waals surface area contributed by atoms with Crippen LogP contribution in [0.3, 0.4) is 0 Å². The summed E-state index contributed by atoms with van der Waals surface area (Å²) in [5.74, 6) is 0.574. The molecule has 1 aromatic carbocycles. The molecular formula is C21H25N7O2. The third-order valence-electron chi connectivity index (χ3n) is 5.13. The van der Waals surface area contributed by atoms with Crippen molar-refractivity contribution in [3.05, 3.63) is 40.8 Å². The van der Waals surface area contributed by atoms with Crippen molar-refractivity contribution in [3.8, 4) is 0 Å². The van der Waals surface area contributed by atoms with Gasteiger partial charge in [0.1, 0.15) is 11.3 Å². The first-order chi connectivity index (χ1) is 14.5. The minimum absolute atomic E-state index is 0.340. The van der Waals surface area contributed by atoms with Crippen LogP contribution in [0.25, 0.3) is 11.2 Å². The topological polar surface area (TPSA) is 122 Å². The zero-order valence-corrected chi connectivity index (χ0v) is 17.3. The third kappa shape index (κ3) is 3.71. The predicted molar refractivity (Wildman–Crippen MR) is 119 cm³/mol. The van der Waals surface area contributed by atoms with Gasteiger partial charge in [0.25, 0.3) is 5.91 Å². The summed E-state index contributed by atoms with van der Waals surface area (Å²) in [5.41, 5.74) is 10.8. The maximum Gasteiger partial charge on any atom is 0.258 e. The molecule has 2 aromatic heterocycles. The Balaban J connectivity index is 1.66. The number of piperazine rings is 1. The molecule has 0 atom stereocenters.